The van der Waals surface area contributed by atoms with Crippen LogP contribution in [0.2, 0.25) is 0 Å². The molecule has 0 amide bonds. The molecule has 2 rings (SSSR count). The Morgan fingerprint density at radius 2 is 1.90 bits per heavy atom. The van der Waals surface area contributed by atoms with Crippen molar-refractivity contribution in [2.45, 2.75) is 17.2 Å². The second kappa shape index (κ2) is 5.82. The molecule has 0 fully saturated rings. The van der Waals surface area contributed by atoms with Crippen molar-refractivity contribution in [1.29, 1.82) is 0 Å². The van der Waals surface area contributed by atoms with Gasteiger partial charge in [-0.15, -0.1) is 0 Å². The highest BCUT2D eigenvalue weighted by molar-refractivity contribution is 7.92. The first-order valence-corrected chi connectivity index (χ1v) is 8.79. The number of benzene rings is 1. The number of nitro groups is 1. The van der Waals surface area contributed by atoms with Gasteiger partial charge in [0.05, 0.1) is 4.92 Å². The molecule has 2 aromatic rings. The average molecular weight is 326 g/mol. The van der Waals surface area contributed by atoms with Crippen molar-refractivity contribution in [1.82, 2.24) is 0 Å². The van der Waals surface area contributed by atoms with Crippen molar-refractivity contribution in [2.75, 3.05) is 11.6 Å². The van der Waals surface area contributed by atoms with Crippen LogP contribution in [0.25, 0.3) is 0 Å². The Balaban J connectivity index is 2.35. The number of thiophene rings is 1. The van der Waals surface area contributed by atoms with E-state index in [4.69, 9.17) is 0 Å². The minimum absolute atomic E-state index is 0.0167. The fraction of sp³-hybridized carbons (Fsp3) is 0.231. The molecule has 0 saturated heterocycles. The zero-order chi connectivity index (χ0) is 15.6. The van der Waals surface area contributed by atoms with Crippen LogP contribution in [0, 0.1) is 10.1 Å². The van der Waals surface area contributed by atoms with Crippen LogP contribution in [0.1, 0.15) is 18.5 Å². The van der Waals surface area contributed by atoms with Gasteiger partial charge in [0.1, 0.15) is 4.21 Å². The Hall–Kier alpha value is -1.93. The summed E-state index contributed by atoms with van der Waals surface area (Å²) >= 11 is 0.877. The molecular formula is C13H14N2O4S2. The fourth-order valence-electron chi connectivity index (χ4n) is 1.80. The van der Waals surface area contributed by atoms with Gasteiger partial charge in [0.25, 0.3) is 0 Å². The SMILES string of the molecule is CC(Nc1sc(S(C)(=O)=O)cc1[N+](=O)[O-])c1ccccc1. The summed E-state index contributed by atoms with van der Waals surface area (Å²) in [6.07, 6.45) is 1.03. The summed E-state index contributed by atoms with van der Waals surface area (Å²) in [6.45, 7) is 1.86. The highest BCUT2D eigenvalue weighted by Gasteiger charge is 2.24. The monoisotopic (exact) mass is 326 g/mol. The number of nitrogens with one attached hydrogen (secondary N) is 1. The van der Waals surface area contributed by atoms with Crippen molar-refractivity contribution >= 4 is 31.9 Å². The van der Waals surface area contributed by atoms with Gasteiger partial charge in [-0.25, -0.2) is 8.42 Å². The molecule has 8 heteroatoms. The maximum Gasteiger partial charge on any atom is 0.304 e. The lowest BCUT2D eigenvalue weighted by atomic mass is 10.1. The van der Waals surface area contributed by atoms with Gasteiger partial charge < -0.3 is 5.32 Å². The molecule has 21 heavy (non-hydrogen) atoms. The third-order valence-electron chi connectivity index (χ3n) is 2.90. The van der Waals surface area contributed by atoms with Crippen molar-refractivity contribution in [3.63, 3.8) is 0 Å². The fourth-order valence-corrected chi connectivity index (χ4v) is 3.83. The van der Waals surface area contributed by atoms with E-state index in [2.05, 4.69) is 5.32 Å². The molecule has 1 atom stereocenters. The molecule has 0 aliphatic carbocycles. The van der Waals surface area contributed by atoms with Crippen LogP contribution in [0.4, 0.5) is 10.7 Å². The first-order valence-electron chi connectivity index (χ1n) is 6.09. The second-order valence-electron chi connectivity index (χ2n) is 4.59. The molecule has 0 aliphatic rings. The number of anilines is 1. The van der Waals surface area contributed by atoms with E-state index in [-0.39, 0.29) is 20.9 Å². The van der Waals surface area contributed by atoms with Crippen molar-refractivity contribution in [3.05, 3.63) is 52.1 Å². The van der Waals surface area contributed by atoms with E-state index in [1.165, 1.54) is 0 Å². The Labute approximate surface area is 126 Å². The molecule has 0 radical (unpaired) electrons. The molecule has 0 aliphatic heterocycles. The van der Waals surface area contributed by atoms with Gasteiger partial charge in [0.15, 0.2) is 14.8 Å². The standard InChI is InChI=1S/C13H14N2O4S2/c1-9(10-6-4-3-5-7-10)14-13-11(15(16)17)8-12(20-13)21(2,18)19/h3-9,14H,1-2H3. The Bertz CT molecular complexity index is 754. The van der Waals surface area contributed by atoms with Crippen LogP contribution in [-0.4, -0.2) is 19.6 Å². The average Bonchev–Trinajstić information content (AvgIpc) is 2.84. The predicted octanol–water partition coefficient (Wildman–Crippen LogP) is 3.23. The minimum Gasteiger partial charge on any atom is -0.365 e. The Morgan fingerprint density at radius 3 is 2.43 bits per heavy atom. The maximum atomic E-state index is 11.5. The van der Waals surface area contributed by atoms with Crippen LogP contribution in [0.5, 0.6) is 0 Å². The van der Waals surface area contributed by atoms with E-state index in [0.717, 1.165) is 29.2 Å². The van der Waals surface area contributed by atoms with E-state index in [1.54, 1.807) is 0 Å². The maximum absolute atomic E-state index is 11.5. The normalized spacial score (nSPS) is 12.9. The smallest absolute Gasteiger partial charge is 0.304 e. The largest absolute Gasteiger partial charge is 0.365 e. The van der Waals surface area contributed by atoms with Gasteiger partial charge in [-0.3, -0.25) is 10.1 Å². The van der Waals surface area contributed by atoms with E-state index in [9.17, 15) is 18.5 Å². The van der Waals surface area contributed by atoms with Gasteiger partial charge in [-0.2, -0.15) is 0 Å². The molecule has 6 nitrogen and oxygen atoms in total. The molecule has 0 saturated carbocycles. The summed E-state index contributed by atoms with van der Waals surface area (Å²) < 4.78 is 23.1. The second-order valence-corrected chi connectivity index (χ2v) is 7.88. The molecule has 1 aromatic heterocycles. The zero-order valence-electron chi connectivity index (χ0n) is 11.4. The Kier molecular flexibility index (Phi) is 4.29. The summed E-state index contributed by atoms with van der Waals surface area (Å²) in [5, 5.41) is 14.3. The summed E-state index contributed by atoms with van der Waals surface area (Å²) in [5.74, 6) is 0. The topological polar surface area (TPSA) is 89.3 Å². The quantitative estimate of drug-likeness (QED) is 0.673. The van der Waals surface area contributed by atoms with Crippen LogP contribution in [0.3, 0.4) is 0 Å². The minimum atomic E-state index is -3.46. The predicted molar refractivity (Wildman–Crippen MR) is 82.6 cm³/mol. The van der Waals surface area contributed by atoms with E-state index < -0.39 is 14.8 Å². The van der Waals surface area contributed by atoms with Crippen LogP contribution < -0.4 is 5.32 Å². The number of hydrogen-bond acceptors (Lipinski definition) is 6. The van der Waals surface area contributed by atoms with E-state index in [0.29, 0.717) is 0 Å². The number of hydrogen-bond donors (Lipinski definition) is 1. The first kappa shape index (κ1) is 15.5. The lowest BCUT2D eigenvalue weighted by Crippen LogP contribution is -2.06. The van der Waals surface area contributed by atoms with Crippen molar-refractivity contribution in [2.24, 2.45) is 0 Å². The highest BCUT2D eigenvalue weighted by atomic mass is 32.2. The number of nitrogens with zero attached hydrogens (tertiary/aromatic N) is 1. The van der Waals surface area contributed by atoms with Gasteiger partial charge >= 0.3 is 5.69 Å². The molecule has 0 spiro atoms. The molecular weight excluding hydrogens is 312 g/mol. The summed E-state index contributed by atoms with van der Waals surface area (Å²) in [6, 6.07) is 10.3. The molecule has 0 bridgehead atoms. The number of rotatable bonds is 5. The molecule has 1 heterocycles. The van der Waals surface area contributed by atoms with Crippen molar-refractivity contribution < 1.29 is 13.3 Å². The molecule has 1 aromatic carbocycles. The lowest BCUT2D eigenvalue weighted by Gasteiger charge is -2.13. The van der Waals surface area contributed by atoms with E-state index in [1.807, 2.05) is 37.3 Å². The molecule has 1 N–H and O–H groups in total. The third kappa shape index (κ3) is 3.59. The third-order valence-corrected chi connectivity index (χ3v) is 5.76. The van der Waals surface area contributed by atoms with Crippen LogP contribution in [-0.2, 0) is 9.84 Å². The lowest BCUT2D eigenvalue weighted by molar-refractivity contribution is -0.383. The van der Waals surface area contributed by atoms with Crippen LogP contribution in [0.15, 0.2) is 40.6 Å². The van der Waals surface area contributed by atoms with Crippen LogP contribution >= 0.6 is 11.3 Å². The molecule has 1 unspecified atom stereocenters. The van der Waals surface area contributed by atoms with E-state index >= 15 is 0 Å². The van der Waals surface area contributed by atoms with Crippen molar-refractivity contribution in [3.8, 4) is 0 Å². The van der Waals surface area contributed by atoms with Gasteiger partial charge in [-0.1, -0.05) is 41.7 Å². The van der Waals surface area contributed by atoms with Gasteiger partial charge in [-0.05, 0) is 12.5 Å². The Morgan fingerprint density at radius 1 is 1.29 bits per heavy atom. The van der Waals surface area contributed by atoms with Gasteiger partial charge in [0.2, 0.25) is 0 Å². The molecule has 112 valence electrons. The van der Waals surface area contributed by atoms with Gasteiger partial charge in [0, 0.05) is 18.4 Å². The summed E-state index contributed by atoms with van der Waals surface area (Å²) in [4.78, 5) is 10.5. The highest BCUT2D eigenvalue weighted by Crippen LogP contribution is 2.38. The summed E-state index contributed by atoms with van der Waals surface area (Å²) in [5.41, 5.74) is 0.740. The summed E-state index contributed by atoms with van der Waals surface area (Å²) in [7, 11) is -3.46. The first-order chi connectivity index (χ1) is 9.79. The number of sulfone groups is 1. The zero-order valence-corrected chi connectivity index (χ0v) is 13.1.